The van der Waals surface area contributed by atoms with Gasteiger partial charge in [-0.15, -0.1) is 0 Å². The second kappa shape index (κ2) is 9.76. The molecule has 1 aliphatic heterocycles. The molecular formula is C17H30N4O3. The van der Waals surface area contributed by atoms with Crippen molar-refractivity contribution in [2.24, 2.45) is 0 Å². The maximum Gasteiger partial charge on any atom is 0.273 e. The minimum atomic E-state index is -0.225. The second-order valence-corrected chi connectivity index (χ2v) is 6.40. The van der Waals surface area contributed by atoms with Crippen LogP contribution in [-0.4, -0.2) is 71.2 Å². The van der Waals surface area contributed by atoms with Crippen LogP contribution in [0.1, 0.15) is 49.5 Å². The van der Waals surface area contributed by atoms with Gasteiger partial charge in [-0.25, -0.2) is 4.98 Å². The first-order valence-electron chi connectivity index (χ1n) is 8.97. The lowest BCUT2D eigenvalue weighted by Crippen LogP contribution is -2.48. The highest BCUT2D eigenvalue weighted by Gasteiger charge is 2.21. The Morgan fingerprint density at radius 1 is 1.29 bits per heavy atom. The molecule has 0 spiro atoms. The van der Waals surface area contributed by atoms with Gasteiger partial charge in [-0.2, -0.15) is 0 Å². The van der Waals surface area contributed by atoms with Gasteiger partial charge >= 0.3 is 0 Å². The molecule has 0 aromatic carbocycles. The van der Waals surface area contributed by atoms with E-state index in [0.29, 0.717) is 24.7 Å². The number of hydrogen-bond acceptors (Lipinski definition) is 6. The molecule has 7 heteroatoms. The zero-order valence-corrected chi connectivity index (χ0v) is 14.8. The molecule has 0 aliphatic carbocycles. The number of hydrogen-bond donors (Lipinski definition) is 2. The van der Waals surface area contributed by atoms with Crippen molar-refractivity contribution in [2.75, 3.05) is 39.3 Å². The zero-order valence-electron chi connectivity index (χ0n) is 14.8. The molecular weight excluding hydrogens is 308 g/mol. The Balaban J connectivity index is 1.74. The number of aliphatic hydroxyl groups is 1. The van der Waals surface area contributed by atoms with E-state index in [1.165, 1.54) is 6.26 Å². The Labute approximate surface area is 144 Å². The first kappa shape index (κ1) is 18.9. The smallest absolute Gasteiger partial charge is 0.273 e. The molecule has 1 saturated heterocycles. The molecule has 2 heterocycles. The third-order valence-electron chi connectivity index (χ3n) is 4.23. The molecule has 7 nitrogen and oxygen atoms in total. The summed E-state index contributed by atoms with van der Waals surface area (Å²) in [6, 6.07) is 0. The Hall–Kier alpha value is -1.44. The summed E-state index contributed by atoms with van der Waals surface area (Å²) in [5.41, 5.74) is 0.347. The summed E-state index contributed by atoms with van der Waals surface area (Å²) in [4.78, 5) is 20.7. The predicted octanol–water partition coefficient (Wildman–Crippen LogP) is 1.09. The van der Waals surface area contributed by atoms with Gasteiger partial charge in [0.2, 0.25) is 5.89 Å². The minimum Gasteiger partial charge on any atom is -0.447 e. The molecule has 136 valence electrons. The molecule has 1 aromatic rings. The fourth-order valence-corrected chi connectivity index (χ4v) is 2.86. The Morgan fingerprint density at radius 3 is 2.67 bits per heavy atom. The van der Waals surface area contributed by atoms with E-state index in [-0.39, 0.29) is 12.0 Å². The largest absolute Gasteiger partial charge is 0.447 e. The van der Waals surface area contributed by atoms with E-state index in [9.17, 15) is 9.90 Å². The molecule has 0 radical (unpaired) electrons. The molecule has 0 saturated carbocycles. The van der Waals surface area contributed by atoms with Gasteiger partial charge in [-0.1, -0.05) is 20.3 Å². The second-order valence-electron chi connectivity index (χ2n) is 6.40. The van der Waals surface area contributed by atoms with Crippen molar-refractivity contribution in [1.82, 2.24) is 20.1 Å². The number of carbonyl (C=O) groups excluding carboxylic acids is 1. The number of carbonyl (C=O) groups is 1. The summed E-state index contributed by atoms with van der Waals surface area (Å²) < 4.78 is 5.42. The van der Waals surface area contributed by atoms with E-state index in [2.05, 4.69) is 27.0 Å². The van der Waals surface area contributed by atoms with Crippen molar-refractivity contribution in [3.05, 3.63) is 17.8 Å². The van der Waals surface area contributed by atoms with Crippen LogP contribution in [0.25, 0.3) is 0 Å². The standard InChI is InChI=1S/C17H30N4O3/c1-3-5-14(22)11-20-7-9-21(10-8-20)12-16-19-15(13-24-16)17(23)18-6-4-2/h13-14,22H,3-12H2,1-2H3,(H,18,23)/t14-/m1/s1. The van der Waals surface area contributed by atoms with Crippen LogP contribution in [0.3, 0.4) is 0 Å². The van der Waals surface area contributed by atoms with Crippen LogP contribution in [0.2, 0.25) is 0 Å². The van der Waals surface area contributed by atoms with Crippen LogP contribution in [0.15, 0.2) is 10.7 Å². The van der Waals surface area contributed by atoms with Gasteiger partial charge in [-0.05, 0) is 12.8 Å². The van der Waals surface area contributed by atoms with Gasteiger partial charge in [0.1, 0.15) is 6.26 Å². The van der Waals surface area contributed by atoms with E-state index in [1.54, 1.807) is 0 Å². The predicted molar refractivity (Wildman–Crippen MR) is 91.8 cm³/mol. The molecule has 0 bridgehead atoms. The van der Waals surface area contributed by atoms with Crippen LogP contribution >= 0.6 is 0 Å². The van der Waals surface area contributed by atoms with Gasteiger partial charge in [-0.3, -0.25) is 14.6 Å². The maximum absolute atomic E-state index is 11.8. The molecule has 1 aromatic heterocycles. The van der Waals surface area contributed by atoms with Crippen molar-refractivity contribution in [3.63, 3.8) is 0 Å². The van der Waals surface area contributed by atoms with Crippen LogP contribution in [-0.2, 0) is 6.54 Å². The molecule has 1 amide bonds. The monoisotopic (exact) mass is 338 g/mol. The number of oxazole rings is 1. The van der Waals surface area contributed by atoms with Crippen molar-refractivity contribution < 1.29 is 14.3 Å². The van der Waals surface area contributed by atoms with Gasteiger partial charge in [0, 0.05) is 39.3 Å². The van der Waals surface area contributed by atoms with E-state index in [4.69, 9.17) is 4.42 Å². The van der Waals surface area contributed by atoms with Crippen LogP contribution in [0, 0.1) is 0 Å². The van der Waals surface area contributed by atoms with Crippen molar-refractivity contribution >= 4 is 5.91 Å². The Morgan fingerprint density at radius 2 is 2.00 bits per heavy atom. The summed E-state index contributed by atoms with van der Waals surface area (Å²) in [5, 5.41) is 12.7. The fraction of sp³-hybridized carbons (Fsp3) is 0.765. The third-order valence-corrected chi connectivity index (χ3v) is 4.23. The number of piperazine rings is 1. The Bertz CT molecular complexity index is 498. The first-order valence-corrected chi connectivity index (χ1v) is 8.97. The number of aliphatic hydroxyl groups excluding tert-OH is 1. The molecule has 2 N–H and O–H groups in total. The van der Waals surface area contributed by atoms with E-state index >= 15 is 0 Å². The average Bonchev–Trinajstić information content (AvgIpc) is 3.03. The van der Waals surface area contributed by atoms with Crippen molar-refractivity contribution in [2.45, 2.75) is 45.8 Å². The summed E-state index contributed by atoms with van der Waals surface area (Å²) in [6.45, 7) is 9.82. The molecule has 2 rings (SSSR count). The maximum atomic E-state index is 11.8. The topological polar surface area (TPSA) is 81.8 Å². The number of aromatic nitrogens is 1. The summed E-state index contributed by atoms with van der Waals surface area (Å²) in [5.74, 6) is 0.401. The lowest BCUT2D eigenvalue weighted by molar-refractivity contribution is 0.0634. The average molecular weight is 338 g/mol. The van der Waals surface area contributed by atoms with Gasteiger partial charge in [0.05, 0.1) is 12.6 Å². The highest BCUT2D eigenvalue weighted by molar-refractivity contribution is 5.91. The van der Waals surface area contributed by atoms with Crippen LogP contribution in [0.4, 0.5) is 0 Å². The lowest BCUT2D eigenvalue weighted by atomic mass is 10.2. The quantitative estimate of drug-likeness (QED) is 0.701. The Kier molecular flexibility index (Phi) is 7.68. The molecule has 1 aliphatic rings. The first-order chi connectivity index (χ1) is 11.6. The highest BCUT2D eigenvalue weighted by Crippen LogP contribution is 2.10. The number of β-amino-alcohol motifs (C(OH)–C–C–N with tert-alkyl or cyclic N) is 1. The summed E-state index contributed by atoms with van der Waals surface area (Å²) >= 11 is 0. The highest BCUT2D eigenvalue weighted by atomic mass is 16.3. The normalized spacial score (nSPS) is 17.8. The SMILES string of the molecule is CCCNC(=O)c1coc(CN2CCN(C[C@H](O)CCC)CC2)n1. The van der Waals surface area contributed by atoms with Crippen LogP contribution in [0.5, 0.6) is 0 Å². The summed E-state index contributed by atoms with van der Waals surface area (Å²) in [7, 11) is 0. The van der Waals surface area contributed by atoms with Gasteiger partial charge in [0.15, 0.2) is 5.69 Å². The zero-order chi connectivity index (χ0) is 17.4. The number of rotatable bonds is 9. The van der Waals surface area contributed by atoms with E-state index in [0.717, 1.165) is 52.0 Å². The fourth-order valence-electron chi connectivity index (χ4n) is 2.86. The van der Waals surface area contributed by atoms with Crippen LogP contribution < -0.4 is 5.32 Å². The third kappa shape index (κ3) is 5.89. The summed E-state index contributed by atoms with van der Waals surface area (Å²) in [6.07, 6.45) is 3.97. The molecule has 0 unspecified atom stereocenters. The number of amides is 1. The molecule has 1 fully saturated rings. The number of nitrogens with one attached hydrogen (secondary N) is 1. The minimum absolute atomic E-state index is 0.179. The van der Waals surface area contributed by atoms with E-state index < -0.39 is 0 Å². The van der Waals surface area contributed by atoms with Gasteiger partial charge in [0.25, 0.3) is 5.91 Å². The lowest BCUT2D eigenvalue weighted by Gasteiger charge is -2.34. The van der Waals surface area contributed by atoms with Crippen molar-refractivity contribution in [1.29, 1.82) is 0 Å². The molecule has 24 heavy (non-hydrogen) atoms. The van der Waals surface area contributed by atoms with E-state index in [1.807, 2.05) is 6.92 Å². The molecule has 1 atom stereocenters. The number of nitrogens with zero attached hydrogens (tertiary/aromatic N) is 3. The van der Waals surface area contributed by atoms with Gasteiger partial charge < -0.3 is 14.8 Å². The van der Waals surface area contributed by atoms with Crippen molar-refractivity contribution in [3.8, 4) is 0 Å².